The van der Waals surface area contributed by atoms with Crippen LogP contribution >= 0.6 is 0 Å². The first-order valence-corrected chi connectivity index (χ1v) is 17.9. The lowest BCUT2D eigenvalue weighted by atomic mass is 10.0. The fourth-order valence-electron chi connectivity index (χ4n) is 7.72. The summed E-state index contributed by atoms with van der Waals surface area (Å²) in [4.78, 5) is 0. The number of aromatic nitrogens is 3. The molecular weight excluding hydrogens is 691 g/mol. The Hall–Kier alpha value is -7.62. The van der Waals surface area contributed by atoms with Gasteiger partial charge in [0.1, 0.15) is 0 Å². The molecule has 0 bridgehead atoms. The number of rotatable bonds is 5. The van der Waals surface area contributed by atoms with Crippen LogP contribution in [-0.2, 0) is 0 Å². The molecule has 9 aromatic carbocycles. The van der Waals surface area contributed by atoms with Crippen molar-refractivity contribution in [3.63, 3.8) is 0 Å². The Morgan fingerprint density at radius 3 is 1.51 bits per heavy atom. The van der Waals surface area contributed by atoms with Crippen molar-refractivity contribution in [1.29, 1.82) is 0 Å². The molecule has 0 saturated heterocycles. The van der Waals surface area contributed by atoms with E-state index in [0.29, 0.717) is 22.5 Å². The van der Waals surface area contributed by atoms with Crippen molar-refractivity contribution in [2.75, 3.05) is 0 Å². The minimum atomic E-state index is -0.871. The van der Waals surface area contributed by atoms with Crippen LogP contribution in [0.2, 0.25) is 0 Å². The first-order valence-electron chi connectivity index (χ1n) is 28.4. The molecule has 0 aliphatic rings. The Balaban J connectivity index is 1.27. The molecule has 0 fully saturated rings. The van der Waals surface area contributed by atoms with Gasteiger partial charge >= 0.3 is 0 Å². The molecule has 3 aromatic heterocycles. The monoisotopic (exact) mass is 746 g/mol. The van der Waals surface area contributed by atoms with E-state index in [1.54, 1.807) is 72.8 Å². The molecule has 0 unspecified atom stereocenters. The SMILES string of the molecule is [2H]c1c([2H])c([2H])c2c(c1[2H])c1c([2H])c(-n3c4c([2H])c([2H])c([2H])c([2H])c4c4c([2H])c(-c5c([2H])c([2H])c6c7c([2H])c([2H])c([2H])c([2H])c7n(-c7ccccc7-c7ccccc7)c6c5[2H])c([2H])c([2H])c43)c([2H])c([2H])c1n2-c1ccccc1. The van der Waals surface area contributed by atoms with Gasteiger partial charge < -0.3 is 13.7 Å². The average molecular weight is 747 g/mol. The van der Waals surface area contributed by atoms with Gasteiger partial charge in [0, 0.05) is 49.3 Å². The van der Waals surface area contributed by atoms with E-state index >= 15 is 0 Å². The molecular formula is C54H35N3. The summed E-state index contributed by atoms with van der Waals surface area (Å²) >= 11 is 0. The van der Waals surface area contributed by atoms with Crippen LogP contribution in [0.1, 0.15) is 28.8 Å². The second-order valence-corrected chi connectivity index (χ2v) is 13.3. The van der Waals surface area contributed by atoms with Crippen molar-refractivity contribution in [1.82, 2.24) is 13.7 Å². The topological polar surface area (TPSA) is 14.8 Å². The van der Waals surface area contributed by atoms with Gasteiger partial charge in [0.25, 0.3) is 0 Å². The normalized spacial score (nSPS) is 17.0. The van der Waals surface area contributed by atoms with Gasteiger partial charge in [-0.1, -0.05) is 139 Å². The maximum absolute atomic E-state index is 10.1. The van der Waals surface area contributed by atoms with Crippen molar-refractivity contribution in [2.45, 2.75) is 0 Å². The van der Waals surface area contributed by atoms with Crippen molar-refractivity contribution >= 4 is 65.4 Å². The molecule has 0 aliphatic carbocycles. The Kier molecular flexibility index (Phi) is 3.81. The van der Waals surface area contributed by atoms with Gasteiger partial charge in [-0.2, -0.15) is 0 Å². The number of nitrogens with zero attached hydrogens (tertiary/aromatic N) is 3. The molecule has 12 rings (SSSR count). The summed E-state index contributed by atoms with van der Waals surface area (Å²) in [5.41, 5.74) is -1.68. The third-order valence-electron chi connectivity index (χ3n) is 10.2. The minimum absolute atomic E-state index is 0.138. The van der Waals surface area contributed by atoms with Gasteiger partial charge in [-0.05, 0) is 89.3 Å². The molecule has 0 atom stereocenters. The van der Waals surface area contributed by atoms with Crippen LogP contribution in [0.15, 0.2) is 212 Å². The predicted molar refractivity (Wildman–Crippen MR) is 240 cm³/mol. The van der Waals surface area contributed by atoms with Crippen molar-refractivity contribution in [3.05, 3.63) is 212 Å². The summed E-state index contributed by atoms with van der Waals surface area (Å²) in [6.45, 7) is 0. The molecule has 3 heteroatoms. The zero-order valence-corrected chi connectivity index (χ0v) is 29.4. The van der Waals surface area contributed by atoms with Crippen molar-refractivity contribution < 1.29 is 28.8 Å². The summed E-state index contributed by atoms with van der Waals surface area (Å²) in [6.07, 6.45) is 0. The molecule has 12 aromatic rings. The highest BCUT2D eigenvalue weighted by molar-refractivity contribution is 6.14. The number of fused-ring (bicyclic) bond motifs is 9. The smallest absolute Gasteiger partial charge is 0.0652 e. The highest BCUT2D eigenvalue weighted by Gasteiger charge is 2.19. The summed E-state index contributed by atoms with van der Waals surface area (Å²) in [5.74, 6) is 0. The first kappa shape index (κ1) is 17.5. The van der Waals surface area contributed by atoms with Gasteiger partial charge in [0.15, 0.2) is 0 Å². The third-order valence-corrected chi connectivity index (χ3v) is 10.2. The quantitative estimate of drug-likeness (QED) is 0.167. The molecule has 0 saturated carbocycles. The molecule has 0 aliphatic heterocycles. The molecule has 266 valence electrons. The maximum Gasteiger partial charge on any atom is 0.0652 e. The van der Waals surface area contributed by atoms with Crippen molar-refractivity contribution in [3.8, 4) is 39.3 Å². The van der Waals surface area contributed by atoms with Gasteiger partial charge in [0.2, 0.25) is 0 Å². The highest BCUT2D eigenvalue weighted by atomic mass is 15.0. The Morgan fingerprint density at radius 1 is 0.298 bits per heavy atom. The Morgan fingerprint density at radius 2 is 0.789 bits per heavy atom. The van der Waals surface area contributed by atoms with Gasteiger partial charge in [0.05, 0.1) is 67.6 Å². The fraction of sp³-hybridized carbons (Fsp3) is 0. The standard InChI is InChI=1S/C54H35N3/c1-3-15-36(16-4-1)41-19-7-11-23-48(41)57-51-26-14-8-20-42(51)45-30-27-38(34-54(45)57)37-28-31-52-46(33-37)43-21-9-13-25-50(43)56(52)40-29-32-53-47(35-40)44-22-10-12-24-49(44)55(53)39-17-5-2-6-18-39/h1-35H/i8D,9D,10D,12D,13D,14D,20D,21D,22D,24D,25D,26D,27D,28D,29D,30D,31D,32D,33D,34D,35D. The number of hydrogen-bond donors (Lipinski definition) is 0. The summed E-state index contributed by atoms with van der Waals surface area (Å²) in [7, 11) is 0. The molecule has 57 heavy (non-hydrogen) atoms. The number of para-hydroxylation sites is 5. The molecule has 0 N–H and O–H groups in total. The van der Waals surface area contributed by atoms with Crippen LogP contribution < -0.4 is 0 Å². The van der Waals surface area contributed by atoms with Crippen molar-refractivity contribution in [2.24, 2.45) is 0 Å². The van der Waals surface area contributed by atoms with E-state index in [1.165, 1.54) is 9.13 Å². The van der Waals surface area contributed by atoms with E-state index < -0.39 is 166 Å². The largest absolute Gasteiger partial charge is 0.309 e. The first-order chi connectivity index (χ1) is 37.1. The lowest BCUT2D eigenvalue weighted by molar-refractivity contribution is 1.17. The van der Waals surface area contributed by atoms with Gasteiger partial charge in [-0.25, -0.2) is 0 Å². The maximum atomic E-state index is 10.1. The summed E-state index contributed by atoms with van der Waals surface area (Å²) in [6, 6.07) is 9.42. The van der Waals surface area contributed by atoms with Crippen LogP contribution in [0.5, 0.6) is 0 Å². The Labute approximate surface area is 359 Å². The third kappa shape index (κ3) is 4.79. The molecule has 0 amide bonds. The highest BCUT2D eigenvalue weighted by Crippen LogP contribution is 2.41. The lowest BCUT2D eigenvalue weighted by Gasteiger charge is -2.14. The van der Waals surface area contributed by atoms with E-state index in [2.05, 4.69) is 0 Å². The van der Waals surface area contributed by atoms with E-state index in [1.807, 2.05) is 12.1 Å². The van der Waals surface area contributed by atoms with Crippen LogP contribution in [-0.4, -0.2) is 13.7 Å². The zero-order chi connectivity index (χ0) is 55.7. The van der Waals surface area contributed by atoms with Crippen LogP contribution in [0.3, 0.4) is 0 Å². The van der Waals surface area contributed by atoms with E-state index in [0.717, 1.165) is 4.57 Å². The molecule has 3 nitrogen and oxygen atoms in total. The zero-order valence-electron chi connectivity index (χ0n) is 50.4. The molecule has 0 spiro atoms. The van der Waals surface area contributed by atoms with E-state index in [-0.39, 0.29) is 43.6 Å². The second-order valence-electron chi connectivity index (χ2n) is 13.3. The average Bonchev–Trinajstić information content (AvgIpc) is 3.91. The van der Waals surface area contributed by atoms with E-state index in [9.17, 15) is 16.4 Å². The van der Waals surface area contributed by atoms with Gasteiger partial charge in [-0.3, -0.25) is 0 Å². The lowest BCUT2D eigenvalue weighted by Crippen LogP contribution is -1.97. The second kappa shape index (κ2) is 12.5. The minimum Gasteiger partial charge on any atom is -0.309 e. The molecule has 3 heterocycles. The fourth-order valence-corrected chi connectivity index (χ4v) is 7.72. The van der Waals surface area contributed by atoms with Crippen LogP contribution in [0.25, 0.3) is 105 Å². The van der Waals surface area contributed by atoms with Crippen LogP contribution in [0.4, 0.5) is 0 Å². The number of benzene rings is 9. The van der Waals surface area contributed by atoms with Crippen LogP contribution in [0, 0.1) is 0 Å². The molecule has 0 radical (unpaired) electrons. The summed E-state index contributed by atoms with van der Waals surface area (Å²) in [5, 5.41) is -1.80. The number of hydrogen-bond acceptors (Lipinski definition) is 0. The van der Waals surface area contributed by atoms with Gasteiger partial charge in [-0.15, -0.1) is 0 Å². The Bertz CT molecular complexity index is 4740. The van der Waals surface area contributed by atoms with E-state index in [4.69, 9.17) is 12.3 Å². The summed E-state index contributed by atoms with van der Waals surface area (Å²) < 4.78 is 200. The predicted octanol–water partition coefficient (Wildman–Crippen LogP) is 14.3.